The molecule has 0 aromatic carbocycles. The Labute approximate surface area is 120 Å². The summed E-state index contributed by atoms with van der Waals surface area (Å²) in [7, 11) is 1.69. The van der Waals surface area contributed by atoms with Gasteiger partial charge in [-0.15, -0.1) is 0 Å². The Kier molecular flexibility index (Phi) is 5.94. The number of aliphatic hydroxyl groups excluding tert-OH is 2. The number of aliphatic hydroxyl groups is 2. The summed E-state index contributed by atoms with van der Waals surface area (Å²) in [5, 5.41) is 25.9. The highest BCUT2D eigenvalue weighted by Crippen LogP contribution is 2.35. The first-order valence-electron chi connectivity index (χ1n) is 7.11. The molecule has 6 heteroatoms. The first-order valence-corrected chi connectivity index (χ1v) is 7.11. The van der Waals surface area contributed by atoms with Gasteiger partial charge in [-0.25, -0.2) is 0 Å². The fourth-order valence-corrected chi connectivity index (χ4v) is 2.49. The lowest BCUT2D eigenvalue weighted by Crippen LogP contribution is -2.59. The molecule has 118 valence electrons. The third-order valence-corrected chi connectivity index (χ3v) is 3.78. The number of carbonyl (C=O) groups is 1. The zero-order valence-electron chi connectivity index (χ0n) is 13.0. The molecule has 5 atom stereocenters. The molecule has 1 amide bonds. The molecule has 1 aliphatic heterocycles. The minimum Gasteiger partial charge on any atom is -0.390 e. The van der Waals surface area contributed by atoms with Crippen molar-refractivity contribution in [2.45, 2.75) is 52.1 Å². The van der Waals surface area contributed by atoms with Gasteiger partial charge in [0.2, 0.25) is 5.91 Å². The van der Waals surface area contributed by atoms with Gasteiger partial charge in [-0.1, -0.05) is 27.7 Å². The zero-order chi connectivity index (χ0) is 15.5. The van der Waals surface area contributed by atoms with Gasteiger partial charge in [-0.3, -0.25) is 4.79 Å². The van der Waals surface area contributed by atoms with Crippen LogP contribution in [-0.4, -0.2) is 60.7 Å². The molecule has 0 radical (unpaired) electrons. The fraction of sp³-hybridized carbons (Fsp3) is 0.929. The van der Waals surface area contributed by atoms with E-state index in [1.807, 2.05) is 20.8 Å². The van der Waals surface area contributed by atoms with Crippen molar-refractivity contribution < 1.29 is 19.7 Å². The summed E-state index contributed by atoms with van der Waals surface area (Å²) in [6, 6.07) is 0. The molecule has 0 bridgehead atoms. The number of hydrogen-bond acceptors (Lipinski definition) is 5. The van der Waals surface area contributed by atoms with Crippen LogP contribution in [0.2, 0.25) is 0 Å². The van der Waals surface area contributed by atoms with Crippen LogP contribution in [0.1, 0.15) is 27.7 Å². The van der Waals surface area contributed by atoms with Crippen molar-refractivity contribution in [1.29, 1.82) is 0 Å². The summed E-state index contributed by atoms with van der Waals surface area (Å²) in [4.78, 5) is 11.5. The smallest absolute Gasteiger partial charge is 0.234 e. The van der Waals surface area contributed by atoms with E-state index in [0.717, 1.165) is 0 Å². The second-order valence-electron chi connectivity index (χ2n) is 6.64. The number of carbonyl (C=O) groups excluding carboxylic acids is 1. The summed E-state index contributed by atoms with van der Waals surface area (Å²) < 4.78 is 5.84. The minimum absolute atomic E-state index is 0.144. The van der Waals surface area contributed by atoms with E-state index in [1.165, 1.54) is 0 Å². The number of ether oxygens (including phenoxy) is 1. The molecule has 4 N–H and O–H groups in total. The van der Waals surface area contributed by atoms with Gasteiger partial charge >= 0.3 is 0 Å². The number of rotatable bonds is 4. The van der Waals surface area contributed by atoms with E-state index in [-0.39, 0.29) is 36.4 Å². The van der Waals surface area contributed by atoms with Crippen molar-refractivity contribution in [2.75, 3.05) is 20.1 Å². The summed E-state index contributed by atoms with van der Waals surface area (Å²) >= 11 is 0. The van der Waals surface area contributed by atoms with Crippen LogP contribution >= 0.6 is 0 Å². The van der Waals surface area contributed by atoms with Crippen LogP contribution in [0.15, 0.2) is 0 Å². The topological polar surface area (TPSA) is 90.8 Å². The van der Waals surface area contributed by atoms with E-state index < -0.39 is 18.3 Å². The Morgan fingerprint density at radius 2 is 1.85 bits per heavy atom. The minimum atomic E-state index is -0.793. The number of hydrogen-bond donors (Lipinski definition) is 4. The van der Waals surface area contributed by atoms with Gasteiger partial charge in [0.1, 0.15) is 6.10 Å². The van der Waals surface area contributed by atoms with Gasteiger partial charge in [0.15, 0.2) is 0 Å². The lowest BCUT2D eigenvalue weighted by Gasteiger charge is -2.46. The van der Waals surface area contributed by atoms with Crippen LogP contribution in [0.3, 0.4) is 0 Å². The molecular formula is C14H28N2O4. The van der Waals surface area contributed by atoms with E-state index in [0.29, 0.717) is 0 Å². The molecular weight excluding hydrogens is 260 g/mol. The predicted octanol–water partition coefficient (Wildman–Crippen LogP) is -0.507. The molecule has 6 nitrogen and oxygen atoms in total. The van der Waals surface area contributed by atoms with Crippen LogP contribution in [0.25, 0.3) is 0 Å². The molecule has 1 fully saturated rings. The van der Waals surface area contributed by atoms with Crippen molar-refractivity contribution in [3.8, 4) is 0 Å². The summed E-state index contributed by atoms with van der Waals surface area (Å²) in [5.74, 6) is -0.437. The quantitative estimate of drug-likeness (QED) is 0.559. The monoisotopic (exact) mass is 288 g/mol. The highest BCUT2D eigenvalue weighted by Gasteiger charge is 2.46. The third-order valence-electron chi connectivity index (χ3n) is 3.78. The van der Waals surface area contributed by atoms with Crippen LogP contribution in [0.4, 0.5) is 0 Å². The van der Waals surface area contributed by atoms with Gasteiger partial charge < -0.3 is 25.6 Å². The predicted molar refractivity (Wildman–Crippen MR) is 76.2 cm³/mol. The molecule has 1 saturated heterocycles. The highest BCUT2D eigenvalue weighted by molar-refractivity contribution is 5.77. The maximum Gasteiger partial charge on any atom is 0.234 e. The average molecular weight is 288 g/mol. The molecule has 1 rings (SSSR count). The Bertz CT molecular complexity index is 330. The number of nitrogens with one attached hydrogen (secondary N) is 2. The SMILES string of the molecule is CNCC(=O)NC[C@H]1O[C@@H](C(C)(C)C)[C@H](O)[C@@H](C)[C@@H]1O. The maximum atomic E-state index is 11.5. The van der Waals surface area contributed by atoms with Gasteiger partial charge in [0.05, 0.1) is 24.9 Å². The summed E-state index contributed by atoms with van der Waals surface area (Å²) in [6.07, 6.45) is -2.38. The molecule has 1 heterocycles. The lowest BCUT2D eigenvalue weighted by atomic mass is 9.77. The normalized spacial score (nSPS) is 34.9. The Hall–Kier alpha value is -0.690. The molecule has 0 spiro atoms. The van der Waals surface area contributed by atoms with Crippen LogP contribution in [0, 0.1) is 11.3 Å². The molecule has 0 aliphatic carbocycles. The first-order chi connectivity index (χ1) is 9.18. The molecule has 20 heavy (non-hydrogen) atoms. The molecule has 0 saturated carbocycles. The van der Waals surface area contributed by atoms with E-state index in [9.17, 15) is 15.0 Å². The maximum absolute atomic E-state index is 11.5. The lowest BCUT2D eigenvalue weighted by molar-refractivity contribution is -0.221. The Balaban J connectivity index is 2.68. The van der Waals surface area contributed by atoms with Crippen molar-refractivity contribution in [1.82, 2.24) is 10.6 Å². The van der Waals surface area contributed by atoms with E-state index in [4.69, 9.17) is 4.74 Å². The molecule has 0 unspecified atom stereocenters. The van der Waals surface area contributed by atoms with Crippen LogP contribution in [0.5, 0.6) is 0 Å². The Morgan fingerprint density at radius 1 is 1.25 bits per heavy atom. The van der Waals surface area contributed by atoms with E-state index >= 15 is 0 Å². The molecule has 1 aliphatic rings. The number of likely N-dealkylation sites (N-methyl/N-ethyl adjacent to an activating group) is 1. The van der Waals surface area contributed by atoms with Crippen LogP contribution in [-0.2, 0) is 9.53 Å². The summed E-state index contributed by atoms with van der Waals surface area (Å²) in [6.45, 7) is 8.24. The van der Waals surface area contributed by atoms with Crippen molar-refractivity contribution in [3.63, 3.8) is 0 Å². The first kappa shape index (κ1) is 17.4. The molecule has 0 aromatic rings. The van der Waals surface area contributed by atoms with Gasteiger partial charge in [0, 0.05) is 12.5 Å². The molecule has 0 aromatic heterocycles. The number of amides is 1. The second kappa shape index (κ2) is 6.85. The average Bonchev–Trinajstić information content (AvgIpc) is 2.34. The largest absolute Gasteiger partial charge is 0.390 e. The third kappa shape index (κ3) is 4.15. The van der Waals surface area contributed by atoms with Crippen molar-refractivity contribution >= 4 is 5.91 Å². The summed E-state index contributed by atoms with van der Waals surface area (Å²) in [5.41, 5.74) is -0.235. The van der Waals surface area contributed by atoms with Gasteiger partial charge in [0.25, 0.3) is 0 Å². The Morgan fingerprint density at radius 3 is 2.35 bits per heavy atom. The van der Waals surface area contributed by atoms with E-state index in [1.54, 1.807) is 14.0 Å². The van der Waals surface area contributed by atoms with Crippen molar-refractivity contribution in [3.05, 3.63) is 0 Å². The van der Waals surface area contributed by atoms with Crippen LogP contribution < -0.4 is 10.6 Å². The standard InChI is InChI=1S/C14H28N2O4/c1-8-11(18)9(6-16-10(17)7-15-5)20-13(12(8)19)14(2,3)4/h8-9,11-13,15,18-19H,6-7H2,1-5H3,(H,16,17)/t8-,9+,11-,12+,13+/m0/s1. The van der Waals surface area contributed by atoms with Crippen molar-refractivity contribution in [2.24, 2.45) is 11.3 Å². The van der Waals surface area contributed by atoms with Gasteiger partial charge in [-0.05, 0) is 12.5 Å². The fourth-order valence-electron chi connectivity index (χ4n) is 2.49. The second-order valence-corrected chi connectivity index (χ2v) is 6.64. The van der Waals surface area contributed by atoms with E-state index in [2.05, 4.69) is 10.6 Å². The van der Waals surface area contributed by atoms with Gasteiger partial charge in [-0.2, -0.15) is 0 Å². The highest BCUT2D eigenvalue weighted by atomic mass is 16.5. The zero-order valence-corrected chi connectivity index (χ0v) is 13.0.